The SMILES string of the molecule is CC1CC(CN)CN1C(=O)c1ccccc1NC(=O)c1ccc(Cl)cc1. The van der Waals surface area contributed by atoms with Crippen molar-refractivity contribution in [3.63, 3.8) is 0 Å². The summed E-state index contributed by atoms with van der Waals surface area (Å²) in [5.74, 6) is -0.0403. The van der Waals surface area contributed by atoms with Crippen LogP contribution < -0.4 is 11.1 Å². The van der Waals surface area contributed by atoms with Crippen molar-refractivity contribution in [3.8, 4) is 0 Å². The molecule has 1 saturated heterocycles. The molecular weight excluding hydrogens is 350 g/mol. The Morgan fingerprint density at radius 3 is 2.54 bits per heavy atom. The number of para-hydroxylation sites is 1. The lowest BCUT2D eigenvalue weighted by atomic mass is 10.1. The second-order valence-electron chi connectivity index (χ2n) is 6.65. The average molecular weight is 372 g/mol. The van der Waals surface area contributed by atoms with Gasteiger partial charge in [-0.1, -0.05) is 23.7 Å². The highest BCUT2D eigenvalue weighted by atomic mass is 35.5. The molecule has 6 heteroatoms. The predicted octanol–water partition coefficient (Wildman–Crippen LogP) is 3.40. The van der Waals surface area contributed by atoms with Crippen molar-refractivity contribution in [2.24, 2.45) is 11.7 Å². The molecule has 2 amide bonds. The fourth-order valence-electron chi connectivity index (χ4n) is 3.33. The Balaban J connectivity index is 1.81. The zero-order valence-electron chi connectivity index (χ0n) is 14.6. The van der Waals surface area contributed by atoms with E-state index in [1.54, 1.807) is 48.5 Å². The van der Waals surface area contributed by atoms with E-state index < -0.39 is 0 Å². The van der Waals surface area contributed by atoms with Crippen molar-refractivity contribution < 1.29 is 9.59 Å². The maximum absolute atomic E-state index is 13.0. The molecule has 5 nitrogen and oxygen atoms in total. The Labute approximate surface area is 158 Å². The third kappa shape index (κ3) is 3.89. The van der Waals surface area contributed by atoms with Crippen LogP contribution in [-0.2, 0) is 0 Å². The van der Waals surface area contributed by atoms with Crippen molar-refractivity contribution in [2.45, 2.75) is 19.4 Å². The van der Waals surface area contributed by atoms with Gasteiger partial charge < -0.3 is 16.0 Å². The first-order valence-corrected chi connectivity index (χ1v) is 9.04. The molecule has 0 spiro atoms. The summed E-state index contributed by atoms with van der Waals surface area (Å²) in [6.07, 6.45) is 0.904. The zero-order chi connectivity index (χ0) is 18.7. The molecule has 2 aromatic carbocycles. The van der Waals surface area contributed by atoms with Crippen molar-refractivity contribution in [1.29, 1.82) is 0 Å². The first-order valence-electron chi connectivity index (χ1n) is 8.66. The standard InChI is InChI=1S/C20H22ClN3O2/c1-13-10-14(11-22)12-24(13)20(26)17-4-2-3-5-18(17)23-19(25)15-6-8-16(21)9-7-15/h2-9,13-14H,10-12,22H2,1H3,(H,23,25). The summed E-state index contributed by atoms with van der Waals surface area (Å²) in [6.45, 7) is 3.25. The maximum Gasteiger partial charge on any atom is 0.256 e. The summed E-state index contributed by atoms with van der Waals surface area (Å²) in [6, 6.07) is 13.8. The van der Waals surface area contributed by atoms with Crippen molar-refractivity contribution in [1.82, 2.24) is 4.90 Å². The third-order valence-electron chi connectivity index (χ3n) is 4.77. The summed E-state index contributed by atoms with van der Waals surface area (Å²) in [4.78, 5) is 27.3. The number of halogens is 1. The van der Waals surface area contributed by atoms with Crippen LogP contribution in [0.3, 0.4) is 0 Å². The highest BCUT2D eigenvalue weighted by Gasteiger charge is 2.33. The summed E-state index contributed by atoms with van der Waals surface area (Å²) in [5, 5.41) is 3.40. The van der Waals surface area contributed by atoms with Gasteiger partial charge >= 0.3 is 0 Å². The Bertz CT molecular complexity index is 807. The minimum atomic E-state index is -0.281. The molecule has 1 aliphatic rings. The lowest BCUT2D eigenvalue weighted by molar-refractivity contribution is 0.0744. The van der Waals surface area contributed by atoms with Crippen molar-refractivity contribution in [2.75, 3.05) is 18.4 Å². The van der Waals surface area contributed by atoms with Crippen molar-refractivity contribution >= 4 is 29.1 Å². The average Bonchev–Trinajstić information content (AvgIpc) is 3.03. The normalized spacial score (nSPS) is 19.4. The van der Waals surface area contributed by atoms with E-state index in [4.69, 9.17) is 17.3 Å². The molecule has 0 saturated carbocycles. The van der Waals surface area contributed by atoms with Gasteiger partial charge in [0.25, 0.3) is 11.8 Å². The molecule has 1 aliphatic heterocycles. The molecule has 1 heterocycles. The maximum atomic E-state index is 13.0. The van der Waals surface area contributed by atoms with Crippen LogP contribution in [-0.4, -0.2) is 35.8 Å². The Morgan fingerprint density at radius 2 is 1.88 bits per heavy atom. The minimum absolute atomic E-state index is 0.0829. The van der Waals surface area contributed by atoms with Crippen LogP contribution in [0.2, 0.25) is 5.02 Å². The van der Waals surface area contributed by atoms with Crippen LogP contribution in [0.15, 0.2) is 48.5 Å². The van der Waals surface area contributed by atoms with E-state index in [0.717, 1.165) is 6.42 Å². The molecule has 0 radical (unpaired) electrons. The summed E-state index contributed by atoms with van der Waals surface area (Å²) in [5.41, 5.74) is 7.23. The molecule has 136 valence electrons. The number of nitrogens with two attached hydrogens (primary N) is 1. The third-order valence-corrected chi connectivity index (χ3v) is 5.02. The van der Waals surface area contributed by atoms with E-state index in [0.29, 0.717) is 40.8 Å². The van der Waals surface area contributed by atoms with Crippen LogP contribution in [0.25, 0.3) is 0 Å². The van der Waals surface area contributed by atoms with Gasteiger partial charge in [0, 0.05) is 23.2 Å². The lowest BCUT2D eigenvalue weighted by Crippen LogP contribution is -2.35. The number of likely N-dealkylation sites (tertiary alicyclic amines) is 1. The Hall–Kier alpha value is -2.37. The van der Waals surface area contributed by atoms with Gasteiger partial charge in [-0.15, -0.1) is 0 Å². The quantitative estimate of drug-likeness (QED) is 0.864. The highest BCUT2D eigenvalue weighted by Crippen LogP contribution is 2.27. The Kier molecular flexibility index (Phi) is 5.59. The van der Waals surface area contributed by atoms with E-state index in [1.165, 1.54) is 0 Å². The number of anilines is 1. The summed E-state index contributed by atoms with van der Waals surface area (Å²) >= 11 is 5.86. The highest BCUT2D eigenvalue weighted by molar-refractivity contribution is 6.30. The van der Waals surface area contributed by atoms with Gasteiger partial charge in [0.2, 0.25) is 0 Å². The summed E-state index contributed by atoms with van der Waals surface area (Å²) < 4.78 is 0. The van der Waals surface area contributed by atoms with Gasteiger partial charge in [-0.05, 0) is 62.2 Å². The molecule has 3 rings (SSSR count). The Morgan fingerprint density at radius 1 is 1.19 bits per heavy atom. The summed E-state index contributed by atoms with van der Waals surface area (Å²) in [7, 11) is 0. The van der Waals surface area contributed by atoms with E-state index in [9.17, 15) is 9.59 Å². The van der Waals surface area contributed by atoms with E-state index in [1.807, 2.05) is 11.8 Å². The molecule has 2 aromatic rings. The molecule has 1 fully saturated rings. The molecular formula is C20H22ClN3O2. The molecule has 0 bridgehead atoms. The number of rotatable bonds is 4. The van der Waals surface area contributed by atoms with Gasteiger partial charge in [-0.3, -0.25) is 9.59 Å². The van der Waals surface area contributed by atoms with Crippen molar-refractivity contribution in [3.05, 3.63) is 64.7 Å². The smallest absolute Gasteiger partial charge is 0.256 e. The van der Waals surface area contributed by atoms with Gasteiger partial charge in [0.05, 0.1) is 11.3 Å². The largest absolute Gasteiger partial charge is 0.336 e. The lowest BCUT2D eigenvalue weighted by Gasteiger charge is -2.23. The number of benzene rings is 2. The van der Waals surface area contributed by atoms with Gasteiger partial charge in [0.1, 0.15) is 0 Å². The molecule has 2 atom stereocenters. The van der Waals surface area contributed by atoms with Crippen LogP contribution >= 0.6 is 11.6 Å². The second-order valence-corrected chi connectivity index (χ2v) is 7.09. The number of nitrogens with one attached hydrogen (secondary N) is 1. The van der Waals surface area contributed by atoms with Crippen LogP contribution in [0.4, 0.5) is 5.69 Å². The molecule has 3 N–H and O–H groups in total. The number of hydrogen-bond acceptors (Lipinski definition) is 3. The first-order chi connectivity index (χ1) is 12.5. The van der Waals surface area contributed by atoms with Crippen LogP contribution in [0, 0.1) is 5.92 Å². The molecule has 0 aromatic heterocycles. The molecule has 0 aliphatic carbocycles. The minimum Gasteiger partial charge on any atom is -0.336 e. The zero-order valence-corrected chi connectivity index (χ0v) is 15.4. The number of nitrogens with zero attached hydrogens (tertiary/aromatic N) is 1. The van der Waals surface area contributed by atoms with Crippen LogP contribution in [0.1, 0.15) is 34.1 Å². The first kappa shape index (κ1) is 18.4. The second kappa shape index (κ2) is 7.89. The number of hydrogen-bond donors (Lipinski definition) is 2. The number of amides is 2. The molecule has 2 unspecified atom stereocenters. The van der Waals surface area contributed by atoms with Gasteiger partial charge in [-0.2, -0.15) is 0 Å². The predicted molar refractivity (Wildman–Crippen MR) is 104 cm³/mol. The number of carbonyl (C=O) groups is 2. The fourth-order valence-corrected chi connectivity index (χ4v) is 3.45. The van der Waals surface area contributed by atoms with E-state index in [2.05, 4.69) is 5.32 Å². The topological polar surface area (TPSA) is 75.4 Å². The monoisotopic (exact) mass is 371 g/mol. The van der Waals surface area contributed by atoms with Crippen LogP contribution in [0.5, 0.6) is 0 Å². The van der Waals surface area contributed by atoms with E-state index >= 15 is 0 Å². The van der Waals surface area contributed by atoms with E-state index in [-0.39, 0.29) is 17.9 Å². The van der Waals surface area contributed by atoms with Gasteiger partial charge in [-0.25, -0.2) is 0 Å². The van der Waals surface area contributed by atoms with Gasteiger partial charge in [0.15, 0.2) is 0 Å². The fraction of sp³-hybridized carbons (Fsp3) is 0.300. The number of carbonyl (C=O) groups excluding carboxylic acids is 2. The molecule has 26 heavy (non-hydrogen) atoms.